The molecule has 0 aliphatic carbocycles. The van der Waals surface area contributed by atoms with Crippen molar-refractivity contribution < 1.29 is 0 Å². The van der Waals surface area contributed by atoms with Gasteiger partial charge in [0, 0.05) is 29.9 Å². The second kappa shape index (κ2) is 5.60. The van der Waals surface area contributed by atoms with E-state index < -0.39 is 0 Å². The van der Waals surface area contributed by atoms with E-state index in [1.807, 2.05) is 42.6 Å². The summed E-state index contributed by atoms with van der Waals surface area (Å²) in [6, 6.07) is 12.2. The highest BCUT2D eigenvalue weighted by Crippen LogP contribution is 2.31. The van der Waals surface area contributed by atoms with Gasteiger partial charge >= 0.3 is 0 Å². The molecule has 4 heteroatoms. The molecule has 0 saturated carbocycles. The van der Waals surface area contributed by atoms with Gasteiger partial charge in [0.2, 0.25) is 0 Å². The maximum absolute atomic E-state index is 4.92. The molecular weight excluding hydrogens is 308 g/mol. The third-order valence-corrected chi connectivity index (χ3v) is 4.50. The van der Waals surface area contributed by atoms with Crippen molar-refractivity contribution in [1.82, 2.24) is 19.9 Å². The van der Waals surface area contributed by atoms with Gasteiger partial charge in [-0.15, -0.1) is 0 Å². The first kappa shape index (κ1) is 14.0. The fourth-order valence-corrected chi connectivity index (χ4v) is 3.32. The van der Waals surface area contributed by atoms with Crippen molar-refractivity contribution in [3.8, 4) is 11.4 Å². The Morgan fingerprint density at radius 1 is 0.960 bits per heavy atom. The zero-order valence-corrected chi connectivity index (χ0v) is 13.6. The Balaban J connectivity index is 1.78. The maximum atomic E-state index is 4.92. The number of nitrogens with zero attached hydrogens (tertiary/aromatic N) is 3. The van der Waals surface area contributed by atoms with Gasteiger partial charge in [0.1, 0.15) is 0 Å². The van der Waals surface area contributed by atoms with Gasteiger partial charge in [-0.1, -0.05) is 36.4 Å². The lowest BCUT2D eigenvalue weighted by atomic mass is 10.0. The van der Waals surface area contributed by atoms with Crippen LogP contribution in [0.4, 0.5) is 0 Å². The van der Waals surface area contributed by atoms with Gasteiger partial charge in [-0.05, 0) is 30.4 Å². The third-order valence-electron chi connectivity index (χ3n) is 4.50. The Kier molecular flexibility index (Phi) is 3.13. The highest BCUT2D eigenvalue weighted by atomic mass is 15.1. The summed E-state index contributed by atoms with van der Waals surface area (Å²) < 4.78 is 0. The van der Waals surface area contributed by atoms with Crippen LogP contribution in [0.25, 0.3) is 27.9 Å². The Morgan fingerprint density at radius 3 is 2.84 bits per heavy atom. The molecule has 0 amide bonds. The molecule has 2 aromatic heterocycles. The molecule has 5 rings (SSSR count). The lowest BCUT2D eigenvalue weighted by molar-refractivity contribution is 0.526. The Labute approximate surface area is 145 Å². The second-order valence-corrected chi connectivity index (χ2v) is 6.05. The smallest absolute Gasteiger partial charge is 0.162 e. The molecular formula is C21H16N4. The Bertz CT molecular complexity index is 1070. The Morgan fingerprint density at radius 2 is 1.92 bits per heavy atom. The summed E-state index contributed by atoms with van der Waals surface area (Å²) in [5.74, 6) is 0.749. The average Bonchev–Trinajstić information content (AvgIpc) is 3.21. The summed E-state index contributed by atoms with van der Waals surface area (Å²) in [7, 11) is 0. The number of hydrogen-bond acceptors (Lipinski definition) is 3. The number of hydrogen-bond donors (Lipinski definition) is 1. The molecule has 3 aromatic rings. The molecule has 120 valence electrons. The molecule has 1 aromatic carbocycles. The maximum Gasteiger partial charge on any atom is 0.162 e. The molecule has 2 aliphatic heterocycles. The van der Waals surface area contributed by atoms with Crippen LogP contribution in [-0.2, 0) is 0 Å². The van der Waals surface area contributed by atoms with Crippen LogP contribution in [0.3, 0.4) is 0 Å². The summed E-state index contributed by atoms with van der Waals surface area (Å²) in [6.07, 6.45) is 14.5. The van der Waals surface area contributed by atoms with Gasteiger partial charge in [0.05, 0.1) is 22.6 Å². The van der Waals surface area contributed by atoms with E-state index in [0.717, 1.165) is 45.9 Å². The molecule has 1 N–H and O–H groups in total. The van der Waals surface area contributed by atoms with Crippen molar-refractivity contribution in [1.29, 1.82) is 0 Å². The van der Waals surface area contributed by atoms with Crippen molar-refractivity contribution in [2.45, 2.75) is 0 Å². The van der Waals surface area contributed by atoms with Crippen LogP contribution >= 0.6 is 0 Å². The topological polar surface area (TPSA) is 44.8 Å². The second-order valence-electron chi connectivity index (χ2n) is 6.05. The Hall–Kier alpha value is -3.40. The number of nitrogens with one attached hydrogen (secondary N) is 1. The van der Waals surface area contributed by atoms with Crippen molar-refractivity contribution in [2.75, 3.05) is 6.54 Å². The van der Waals surface area contributed by atoms with Gasteiger partial charge in [-0.25, -0.2) is 9.97 Å². The molecule has 2 aliphatic rings. The quantitative estimate of drug-likeness (QED) is 0.765. The molecule has 0 atom stereocenters. The van der Waals surface area contributed by atoms with Crippen LogP contribution in [-0.4, -0.2) is 26.4 Å². The fraction of sp³-hybridized carbons (Fsp3) is 0.0476. The lowest BCUT2D eigenvalue weighted by Gasteiger charge is -2.27. The van der Waals surface area contributed by atoms with Gasteiger partial charge in [-0.3, -0.25) is 0 Å². The highest BCUT2D eigenvalue weighted by Gasteiger charge is 2.19. The van der Waals surface area contributed by atoms with E-state index in [-0.39, 0.29) is 0 Å². The first-order valence-electron chi connectivity index (χ1n) is 8.33. The molecule has 4 nitrogen and oxygen atoms in total. The standard InChI is InChI=1S/C21H16N4/c1-2-9-17-15(7-1)20(18-10-5-12-22-18)24-21(23-17)16-8-6-14-25-13-4-3-11-19(16)25/h1-13,22H,14H2. The zero-order valence-electron chi connectivity index (χ0n) is 13.6. The molecule has 0 saturated heterocycles. The minimum atomic E-state index is 0.749. The molecule has 25 heavy (non-hydrogen) atoms. The number of benzene rings is 1. The van der Waals surface area contributed by atoms with Crippen LogP contribution in [0.5, 0.6) is 0 Å². The lowest BCUT2D eigenvalue weighted by Crippen LogP contribution is -2.21. The van der Waals surface area contributed by atoms with E-state index in [0.29, 0.717) is 0 Å². The van der Waals surface area contributed by atoms with Crippen LogP contribution in [0.2, 0.25) is 0 Å². The molecule has 0 radical (unpaired) electrons. The van der Waals surface area contributed by atoms with Crippen molar-refractivity contribution in [2.24, 2.45) is 0 Å². The minimum absolute atomic E-state index is 0.749. The van der Waals surface area contributed by atoms with Gasteiger partial charge < -0.3 is 9.88 Å². The number of allylic oxidation sites excluding steroid dienone is 5. The zero-order chi connectivity index (χ0) is 16.6. The van der Waals surface area contributed by atoms with Crippen molar-refractivity contribution in [3.05, 3.63) is 90.7 Å². The van der Waals surface area contributed by atoms with Gasteiger partial charge in [-0.2, -0.15) is 0 Å². The molecule has 0 spiro atoms. The summed E-state index contributed by atoms with van der Waals surface area (Å²) >= 11 is 0. The fourth-order valence-electron chi connectivity index (χ4n) is 3.32. The number of H-pyrrole nitrogens is 1. The predicted molar refractivity (Wildman–Crippen MR) is 100 cm³/mol. The van der Waals surface area contributed by atoms with Crippen LogP contribution < -0.4 is 0 Å². The highest BCUT2D eigenvalue weighted by molar-refractivity contribution is 5.93. The van der Waals surface area contributed by atoms with Crippen molar-refractivity contribution in [3.63, 3.8) is 0 Å². The van der Waals surface area contributed by atoms with Gasteiger partial charge in [0.25, 0.3) is 0 Å². The summed E-state index contributed by atoms with van der Waals surface area (Å²) in [6.45, 7) is 0.872. The van der Waals surface area contributed by atoms with Crippen LogP contribution in [0.15, 0.2) is 84.9 Å². The third kappa shape index (κ3) is 2.31. The van der Waals surface area contributed by atoms with Crippen LogP contribution in [0.1, 0.15) is 5.82 Å². The predicted octanol–water partition coefficient (Wildman–Crippen LogP) is 4.29. The van der Waals surface area contributed by atoms with E-state index in [9.17, 15) is 0 Å². The van der Waals surface area contributed by atoms with Crippen molar-refractivity contribution >= 4 is 16.5 Å². The monoisotopic (exact) mass is 324 g/mol. The summed E-state index contributed by atoms with van der Waals surface area (Å²) in [4.78, 5) is 15.2. The normalized spacial score (nSPS) is 15.9. The SMILES string of the molecule is C1=CC2=C(c3nc(-c4ccc[nH]4)c4ccccc4n3)C=CCN2C=C1. The number of aromatic nitrogens is 3. The molecule has 0 fully saturated rings. The largest absolute Gasteiger partial charge is 0.360 e. The number of aromatic amines is 1. The van der Waals surface area contributed by atoms with E-state index in [1.54, 1.807) is 0 Å². The number of rotatable bonds is 2. The first-order valence-corrected chi connectivity index (χ1v) is 8.33. The minimum Gasteiger partial charge on any atom is -0.360 e. The molecule has 4 heterocycles. The number of para-hydroxylation sites is 1. The number of fused-ring (bicyclic) bond motifs is 2. The van der Waals surface area contributed by atoms with Gasteiger partial charge in [0.15, 0.2) is 5.82 Å². The van der Waals surface area contributed by atoms with E-state index >= 15 is 0 Å². The van der Waals surface area contributed by atoms with E-state index in [4.69, 9.17) is 9.97 Å². The summed E-state index contributed by atoms with van der Waals surface area (Å²) in [5, 5.41) is 1.05. The molecule has 0 unspecified atom stereocenters. The van der Waals surface area contributed by atoms with E-state index in [2.05, 4.69) is 46.5 Å². The van der Waals surface area contributed by atoms with Crippen LogP contribution in [0, 0.1) is 0 Å². The first-order chi connectivity index (χ1) is 12.4. The molecule has 0 bridgehead atoms. The summed E-state index contributed by atoms with van der Waals surface area (Å²) in [5.41, 5.74) is 5.06. The van der Waals surface area contributed by atoms with E-state index in [1.165, 1.54) is 0 Å². The average molecular weight is 324 g/mol.